The molecule has 4 N–H and O–H groups in total. The molecule has 2 unspecified atom stereocenters. The zero-order chi connectivity index (χ0) is 14.6. The third kappa shape index (κ3) is 4.81. The first kappa shape index (κ1) is 6.61. The van der Waals surface area contributed by atoms with E-state index in [2.05, 4.69) is 10.6 Å². The molecule has 0 amide bonds. The molecule has 0 saturated carbocycles. The fourth-order valence-electron chi connectivity index (χ4n) is 0.894. The number of rotatable bonds is 3. The van der Waals surface area contributed by atoms with Crippen LogP contribution in [0.3, 0.4) is 0 Å². The zero-order valence-electron chi connectivity index (χ0n) is 12.4. The molecule has 1 rings (SSSR count). The maximum Gasteiger partial charge on any atom is 0.193 e. The van der Waals surface area contributed by atoms with Crippen LogP contribution in [0.15, 0.2) is 30.3 Å². The first-order valence-corrected chi connectivity index (χ1v) is 4.40. The van der Waals surface area contributed by atoms with Gasteiger partial charge < -0.3 is 10.6 Å². The summed E-state index contributed by atoms with van der Waals surface area (Å²) in [6, 6.07) is 4.55. The van der Waals surface area contributed by atoms with Crippen molar-refractivity contribution in [3.8, 4) is 0 Å². The van der Waals surface area contributed by atoms with Crippen molar-refractivity contribution in [2.24, 2.45) is 0 Å². The number of guanidine groups is 1. The van der Waals surface area contributed by atoms with Crippen molar-refractivity contribution in [2.45, 2.75) is 13.3 Å². The molecule has 15 heavy (non-hydrogen) atoms. The Kier molecular flexibility index (Phi) is 2.55. The number of hydrogen-bond acceptors (Lipinski definition) is 2. The van der Waals surface area contributed by atoms with Crippen LogP contribution < -0.4 is 10.6 Å². The summed E-state index contributed by atoms with van der Waals surface area (Å²) in [6.07, 6.45) is -1.16. The molecule has 4 heteroatoms. The van der Waals surface area contributed by atoms with Crippen LogP contribution >= 0.6 is 0 Å². The summed E-state index contributed by atoms with van der Waals surface area (Å²) in [5.41, 5.74) is 0.148. The molecule has 0 aliphatic heterocycles. The van der Waals surface area contributed by atoms with Gasteiger partial charge in [-0.2, -0.15) is 0 Å². The predicted octanol–water partition coefficient (Wildman–Crippen LogP) is 1.34. The van der Waals surface area contributed by atoms with Gasteiger partial charge in [0, 0.05) is 9.26 Å². The van der Waals surface area contributed by atoms with Crippen LogP contribution in [-0.4, -0.2) is 18.3 Å². The number of hydrogen-bond donors (Lipinski definition) is 4. The maximum absolute atomic E-state index is 7.91. The van der Waals surface area contributed by atoms with Crippen LogP contribution in [-0.2, 0) is 6.40 Å². The van der Waals surface area contributed by atoms with Crippen molar-refractivity contribution < 1.29 is 5.48 Å². The Morgan fingerprint density at radius 1 is 1.40 bits per heavy atom. The first-order chi connectivity index (χ1) is 8.82. The maximum atomic E-state index is 7.91. The van der Waals surface area contributed by atoms with Crippen LogP contribution in [0.4, 0.5) is 0 Å². The molecule has 0 saturated heterocycles. The second kappa shape index (κ2) is 5.80. The van der Waals surface area contributed by atoms with Gasteiger partial charge in [-0.1, -0.05) is 30.3 Å². The molecule has 0 aromatic heterocycles. The highest BCUT2D eigenvalue weighted by Gasteiger charge is 1.95. The van der Waals surface area contributed by atoms with E-state index in [0.717, 1.165) is 0 Å². The Labute approximate surface area is 95.3 Å². The Balaban J connectivity index is 2.79. The monoisotopic (exact) mass is 208 g/mol. The Hall–Kier alpha value is -1.84. The van der Waals surface area contributed by atoms with Crippen LogP contribution in [0.25, 0.3) is 0 Å². The molecular formula is C11H16N4. The lowest BCUT2D eigenvalue weighted by atomic mass is 10.1. The lowest BCUT2D eigenvalue weighted by Gasteiger charge is -2.08. The first-order valence-electron chi connectivity index (χ1n) is 6.56. The van der Waals surface area contributed by atoms with E-state index in [-0.39, 0.29) is 29.4 Å². The molecule has 80 valence electrons. The molecule has 4 nitrogen and oxygen atoms in total. The molecular weight excluding hydrogens is 188 g/mol. The van der Waals surface area contributed by atoms with E-state index in [9.17, 15) is 0 Å². The highest BCUT2D eigenvalue weighted by atomic mass is 15.1. The Bertz CT molecular complexity index is 471. The zero-order valence-corrected chi connectivity index (χ0v) is 8.39. The van der Waals surface area contributed by atoms with Crippen LogP contribution in [0.1, 0.15) is 18.0 Å². The SMILES string of the molecule is [2H]c1cccc([2H])c1C([2H])C([2H])NC(=N)NC(C)=N. The van der Waals surface area contributed by atoms with Gasteiger partial charge in [-0.05, 0) is 18.9 Å². The second-order valence-electron chi connectivity index (χ2n) is 2.83. The molecule has 0 aliphatic rings. The summed E-state index contributed by atoms with van der Waals surface area (Å²) >= 11 is 0. The summed E-state index contributed by atoms with van der Waals surface area (Å²) in [7, 11) is 0. The van der Waals surface area contributed by atoms with Gasteiger partial charge in [-0.25, -0.2) is 0 Å². The second-order valence-corrected chi connectivity index (χ2v) is 2.83. The van der Waals surface area contributed by atoms with Crippen molar-refractivity contribution >= 4 is 11.8 Å². The molecule has 2 atom stereocenters. The predicted molar refractivity (Wildman–Crippen MR) is 62.4 cm³/mol. The summed E-state index contributed by atoms with van der Waals surface area (Å²) in [5.74, 6) is -0.202. The van der Waals surface area contributed by atoms with E-state index in [4.69, 9.17) is 16.3 Å². The third-order valence-corrected chi connectivity index (χ3v) is 1.46. The van der Waals surface area contributed by atoms with Crippen molar-refractivity contribution in [1.82, 2.24) is 10.6 Å². The Morgan fingerprint density at radius 3 is 2.67 bits per heavy atom. The minimum Gasteiger partial charge on any atom is -0.356 e. The number of amidine groups is 1. The topological polar surface area (TPSA) is 71.8 Å². The van der Waals surface area contributed by atoms with E-state index in [1.54, 1.807) is 6.07 Å². The highest BCUT2D eigenvalue weighted by molar-refractivity contribution is 5.95. The fraction of sp³-hybridized carbons (Fsp3) is 0.273. The molecule has 0 fully saturated rings. The standard InChI is InChI=1S/C11H16N4/c1-9(12)15-11(13)14-8-7-10-5-3-2-4-6-10/h2-6H,7-8H2,1H3,(H4,12,13,14,15)/i5D,6D,7D,8D. The van der Waals surface area contributed by atoms with Gasteiger partial charge in [0.15, 0.2) is 5.96 Å². The van der Waals surface area contributed by atoms with Crippen molar-refractivity contribution in [1.29, 1.82) is 10.8 Å². The molecule has 0 bridgehead atoms. The van der Waals surface area contributed by atoms with E-state index in [1.807, 2.05) is 0 Å². The lowest BCUT2D eigenvalue weighted by Crippen LogP contribution is -2.39. The van der Waals surface area contributed by atoms with Gasteiger partial charge in [0.25, 0.3) is 0 Å². The largest absolute Gasteiger partial charge is 0.356 e. The summed E-state index contributed by atoms with van der Waals surface area (Å²) in [5, 5.41) is 19.4. The summed E-state index contributed by atoms with van der Waals surface area (Å²) in [4.78, 5) is 0. The summed E-state index contributed by atoms with van der Waals surface area (Å²) in [6.45, 7) is 0.254. The van der Waals surface area contributed by atoms with Crippen molar-refractivity contribution in [2.75, 3.05) is 6.52 Å². The minimum atomic E-state index is -1.20. The van der Waals surface area contributed by atoms with E-state index in [0.29, 0.717) is 0 Å². The van der Waals surface area contributed by atoms with Gasteiger partial charge in [0.2, 0.25) is 0 Å². The van der Waals surface area contributed by atoms with Gasteiger partial charge in [-0.15, -0.1) is 0 Å². The van der Waals surface area contributed by atoms with Gasteiger partial charge >= 0.3 is 0 Å². The highest BCUT2D eigenvalue weighted by Crippen LogP contribution is 1.97. The fourth-order valence-corrected chi connectivity index (χ4v) is 0.894. The average Bonchev–Trinajstić information content (AvgIpc) is 2.26. The van der Waals surface area contributed by atoms with Crippen LogP contribution in [0.2, 0.25) is 0 Å². The molecule has 0 spiro atoms. The van der Waals surface area contributed by atoms with Crippen molar-refractivity contribution in [3.05, 3.63) is 35.8 Å². The van der Waals surface area contributed by atoms with Gasteiger partial charge in [0.1, 0.15) is 0 Å². The smallest absolute Gasteiger partial charge is 0.193 e. The van der Waals surface area contributed by atoms with Gasteiger partial charge in [-0.3, -0.25) is 10.8 Å². The minimum absolute atomic E-state index is 0.0364. The molecule has 0 radical (unpaired) electrons. The molecule has 1 aromatic carbocycles. The van der Waals surface area contributed by atoms with E-state index in [1.165, 1.54) is 19.1 Å². The van der Waals surface area contributed by atoms with Gasteiger partial charge in [0.05, 0.1) is 8.58 Å². The van der Waals surface area contributed by atoms with E-state index < -0.39 is 12.9 Å². The quantitative estimate of drug-likeness (QED) is 0.447. The number of benzene rings is 1. The molecule has 1 aromatic rings. The molecule has 0 aliphatic carbocycles. The van der Waals surface area contributed by atoms with Crippen LogP contribution in [0.5, 0.6) is 0 Å². The third-order valence-electron chi connectivity index (χ3n) is 1.46. The van der Waals surface area contributed by atoms with Crippen molar-refractivity contribution in [3.63, 3.8) is 0 Å². The Morgan fingerprint density at radius 2 is 2.07 bits per heavy atom. The molecule has 0 heterocycles. The van der Waals surface area contributed by atoms with E-state index >= 15 is 0 Å². The average molecular weight is 208 g/mol. The summed E-state index contributed by atoms with van der Waals surface area (Å²) < 4.78 is 31.0. The van der Waals surface area contributed by atoms with Crippen LogP contribution in [0, 0.1) is 10.8 Å². The number of nitrogens with one attached hydrogen (secondary N) is 4. The normalized spacial score (nSPS) is 17.4. The lowest BCUT2D eigenvalue weighted by molar-refractivity contribution is 0.842.